The van der Waals surface area contributed by atoms with E-state index in [-0.39, 0.29) is 28.0 Å². The zero-order chi connectivity index (χ0) is 28.2. The van der Waals surface area contributed by atoms with Crippen molar-refractivity contribution in [2.75, 3.05) is 51.4 Å². The molecule has 2 heterocycles. The molecule has 4 rings (SSSR count). The molecule has 2 aromatic heterocycles. The first kappa shape index (κ1) is 28.0. The van der Waals surface area contributed by atoms with Crippen molar-refractivity contribution in [1.29, 1.82) is 0 Å². The van der Waals surface area contributed by atoms with Gasteiger partial charge in [-0.1, -0.05) is 17.7 Å². The average Bonchev–Trinajstić information content (AvgIpc) is 2.92. The Bertz CT molecular complexity index is 1620. The van der Waals surface area contributed by atoms with Gasteiger partial charge in [-0.3, -0.25) is 9.52 Å². The van der Waals surface area contributed by atoms with E-state index in [0.717, 1.165) is 0 Å². The normalized spacial score (nSPS) is 11.4. The van der Waals surface area contributed by atoms with Crippen LogP contribution >= 0.6 is 11.6 Å². The van der Waals surface area contributed by atoms with Crippen molar-refractivity contribution < 1.29 is 17.9 Å². The van der Waals surface area contributed by atoms with Gasteiger partial charge >= 0.3 is 0 Å². The smallest absolute Gasteiger partial charge is 0.263 e. The number of pyridine rings is 1. The lowest BCUT2D eigenvalue weighted by molar-refractivity contribution is 0.0786. The number of rotatable bonds is 10. The van der Waals surface area contributed by atoms with Gasteiger partial charge < -0.3 is 19.9 Å². The summed E-state index contributed by atoms with van der Waals surface area (Å²) in [5, 5.41) is 3.39. The van der Waals surface area contributed by atoms with Gasteiger partial charge in [0.05, 0.1) is 22.7 Å². The highest BCUT2D eigenvalue weighted by atomic mass is 35.5. The number of nitrogens with one attached hydrogen (secondary N) is 2. The van der Waals surface area contributed by atoms with E-state index < -0.39 is 10.0 Å². The lowest BCUT2D eigenvalue weighted by Crippen LogP contribution is -2.33. The molecule has 1 amide bonds. The molecule has 2 aromatic carbocycles. The maximum Gasteiger partial charge on any atom is 0.263 e. The number of amides is 1. The van der Waals surface area contributed by atoms with Gasteiger partial charge in [-0.05, 0) is 56.6 Å². The molecule has 0 radical (unpaired) electrons. The molecule has 0 aliphatic carbocycles. The summed E-state index contributed by atoms with van der Waals surface area (Å²) in [6, 6.07) is 14.1. The minimum Gasteiger partial charge on any atom is -0.497 e. The van der Waals surface area contributed by atoms with Crippen molar-refractivity contribution in [2.24, 2.45) is 0 Å². The third kappa shape index (κ3) is 6.72. The Morgan fingerprint density at radius 2 is 1.79 bits per heavy atom. The number of fused-ring (bicyclic) bond motifs is 1. The Kier molecular flexibility index (Phi) is 8.48. The standard InChI is InChI=1S/C26H28ClN7O4S/c1-33(2)13-14-34(3)26(35)17-7-5-8-19(15-17)39(36,37)32-25-24(31-23-21(29-25)9-6-12-28-23)30-22-16-18(38-4)10-11-20(22)27/h5-12,15-16H,13-14H2,1-4H3,(H,29,32)(H,28,30,31). The van der Waals surface area contributed by atoms with E-state index in [4.69, 9.17) is 16.3 Å². The second-order valence-electron chi connectivity index (χ2n) is 8.90. The molecule has 0 aliphatic heterocycles. The molecule has 0 spiro atoms. The van der Waals surface area contributed by atoms with Gasteiger partial charge in [0.2, 0.25) is 0 Å². The Balaban J connectivity index is 1.69. The molecule has 0 unspecified atom stereocenters. The van der Waals surface area contributed by atoms with Crippen molar-refractivity contribution in [3.63, 3.8) is 0 Å². The van der Waals surface area contributed by atoms with E-state index >= 15 is 0 Å². The predicted octanol–water partition coefficient (Wildman–Crippen LogP) is 3.86. The molecular weight excluding hydrogens is 542 g/mol. The maximum absolute atomic E-state index is 13.5. The molecule has 2 N–H and O–H groups in total. The van der Waals surface area contributed by atoms with Crippen LogP contribution in [0.5, 0.6) is 5.75 Å². The number of hydrogen-bond acceptors (Lipinski definition) is 9. The Morgan fingerprint density at radius 1 is 1.00 bits per heavy atom. The summed E-state index contributed by atoms with van der Waals surface area (Å²) < 4.78 is 34.7. The minimum absolute atomic E-state index is 0.0748. The first-order valence-corrected chi connectivity index (χ1v) is 13.7. The van der Waals surface area contributed by atoms with E-state index in [1.165, 1.54) is 25.3 Å². The van der Waals surface area contributed by atoms with Gasteiger partial charge in [-0.15, -0.1) is 0 Å². The van der Waals surface area contributed by atoms with Crippen LogP contribution in [0.4, 0.5) is 17.3 Å². The zero-order valence-electron chi connectivity index (χ0n) is 21.8. The molecule has 13 heteroatoms. The molecule has 0 bridgehead atoms. The number of ether oxygens (including phenoxy) is 1. The highest BCUT2D eigenvalue weighted by Crippen LogP contribution is 2.32. The fraction of sp³-hybridized carbons (Fsp3) is 0.231. The number of benzene rings is 2. The number of methoxy groups -OCH3 is 1. The van der Waals surface area contributed by atoms with Gasteiger partial charge in [0.15, 0.2) is 17.3 Å². The van der Waals surface area contributed by atoms with Crippen LogP contribution in [-0.2, 0) is 10.0 Å². The van der Waals surface area contributed by atoms with Crippen molar-refractivity contribution in [3.8, 4) is 5.75 Å². The zero-order valence-corrected chi connectivity index (χ0v) is 23.4. The molecule has 0 fully saturated rings. The van der Waals surface area contributed by atoms with E-state index in [1.807, 2.05) is 19.0 Å². The third-order valence-corrected chi connectivity index (χ3v) is 7.38. The Morgan fingerprint density at radius 3 is 2.54 bits per heavy atom. The summed E-state index contributed by atoms with van der Waals surface area (Å²) in [5.41, 5.74) is 1.35. The first-order valence-electron chi connectivity index (χ1n) is 11.8. The number of halogens is 1. The van der Waals surface area contributed by atoms with Gasteiger partial charge in [-0.2, -0.15) is 0 Å². The molecular formula is C26H28ClN7O4S. The molecule has 11 nitrogen and oxygen atoms in total. The number of carbonyl (C=O) groups is 1. The van der Waals surface area contributed by atoms with Crippen molar-refractivity contribution in [3.05, 3.63) is 71.4 Å². The van der Waals surface area contributed by atoms with Crippen LogP contribution in [0, 0.1) is 0 Å². The van der Waals surface area contributed by atoms with Crippen LogP contribution in [-0.4, -0.2) is 80.4 Å². The first-order chi connectivity index (χ1) is 18.6. The molecule has 0 saturated carbocycles. The van der Waals surface area contributed by atoms with Crippen molar-refractivity contribution in [1.82, 2.24) is 24.8 Å². The fourth-order valence-electron chi connectivity index (χ4n) is 3.56. The van der Waals surface area contributed by atoms with Gasteiger partial charge in [-0.25, -0.2) is 23.4 Å². The van der Waals surface area contributed by atoms with Crippen LogP contribution in [0.3, 0.4) is 0 Å². The van der Waals surface area contributed by atoms with Crippen LogP contribution in [0.1, 0.15) is 10.4 Å². The topological polar surface area (TPSA) is 130 Å². The molecule has 39 heavy (non-hydrogen) atoms. The number of anilines is 3. The second-order valence-corrected chi connectivity index (χ2v) is 11.0. The summed E-state index contributed by atoms with van der Waals surface area (Å²) in [6.07, 6.45) is 1.56. The number of aromatic nitrogens is 3. The lowest BCUT2D eigenvalue weighted by Gasteiger charge is -2.20. The summed E-state index contributed by atoms with van der Waals surface area (Å²) in [6.45, 7) is 1.16. The predicted molar refractivity (Wildman–Crippen MR) is 151 cm³/mol. The van der Waals surface area contributed by atoms with E-state index in [0.29, 0.717) is 40.7 Å². The van der Waals surface area contributed by atoms with Crippen LogP contribution in [0.25, 0.3) is 11.2 Å². The third-order valence-electron chi connectivity index (χ3n) is 5.72. The number of hydrogen-bond donors (Lipinski definition) is 2. The van der Waals surface area contributed by atoms with E-state index in [9.17, 15) is 13.2 Å². The van der Waals surface area contributed by atoms with E-state index in [2.05, 4.69) is 25.0 Å². The maximum atomic E-state index is 13.5. The number of nitrogens with zero attached hydrogens (tertiary/aromatic N) is 5. The van der Waals surface area contributed by atoms with Gasteiger partial charge in [0.1, 0.15) is 11.3 Å². The van der Waals surface area contributed by atoms with Crippen molar-refractivity contribution >= 4 is 56.0 Å². The fourth-order valence-corrected chi connectivity index (χ4v) is 4.78. The van der Waals surface area contributed by atoms with Crippen molar-refractivity contribution in [2.45, 2.75) is 4.90 Å². The molecule has 0 aliphatic rings. The highest BCUT2D eigenvalue weighted by Gasteiger charge is 2.22. The monoisotopic (exact) mass is 569 g/mol. The number of likely N-dealkylation sites (N-methyl/N-ethyl adjacent to an activating group) is 2. The van der Waals surface area contributed by atoms with Crippen LogP contribution in [0.2, 0.25) is 5.02 Å². The Labute approximate surface area is 231 Å². The van der Waals surface area contributed by atoms with E-state index in [1.54, 1.807) is 54.5 Å². The average molecular weight is 570 g/mol. The SMILES string of the molecule is COc1ccc(Cl)c(Nc2nc3ncccc3nc2NS(=O)(=O)c2cccc(C(=O)N(C)CCN(C)C)c2)c1. The van der Waals surface area contributed by atoms with Gasteiger partial charge in [0.25, 0.3) is 15.9 Å². The van der Waals surface area contributed by atoms with Crippen LogP contribution in [0.15, 0.2) is 65.7 Å². The summed E-state index contributed by atoms with van der Waals surface area (Å²) in [5.74, 6) is 0.248. The summed E-state index contributed by atoms with van der Waals surface area (Å²) in [7, 11) is 2.84. The highest BCUT2D eigenvalue weighted by molar-refractivity contribution is 7.92. The lowest BCUT2D eigenvalue weighted by atomic mass is 10.2. The van der Waals surface area contributed by atoms with Crippen LogP contribution < -0.4 is 14.8 Å². The molecule has 204 valence electrons. The van der Waals surface area contributed by atoms with Gasteiger partial charge in [0, 0.05) is 38.0 Å². The summed E-state index contributed by atoms with van der Waals surface area (Å²) >= 11 is 6.36. The number of sulfonamides is 1. The summed E-state index contributed by atoms with van der Waals surface area (Å²) in [4.78, 5) is 29.4. The molecule has 4 aromatic rings. The number of carbonyl (C=O) groups excluding carboxylic acids is 1. The molecule has 0 saturated heterocycles. The quantitative estimate of drug-likeness (QED) is 0.292. The minimum atomic E-state index is -4.18. The molecule has 0 atom stereocenters. The largest absolute Gasteiger partial charge is 0.497 e. The Hall–Kier alpha value is -4.00. The second kappa shape index (κ2) is 11.8.